The van der Waals surface area contributed by atoms with Crippen molar-refractivity contribution in [3.05, 3.63) is 137 Å². The third kappa shape index (κ3) is 4.00. The van der Waals surface area contributed by atoms with Crippen LogP contribution in [0.5, 0.6) is 0 Å². The van der Waals surface area contributed by atoms with E-state index in [1.165, 1.54) is 78.8 Å². The number of hydrogen-bond acceptors (Lipinski definition) is 3. The van der Waals surface area contributed by atoms with Gasteiger partial charge >= 0.3 is 6.85 Å². The van der Waals surface area contributed by atoms with Crippen LogP contribution in [0.25, 0.3) is 66.2 Å². The molecule has 4 nitrogen and oxygen atoms in total. The summed E-state index contributed by atoms with van der Waals surface area (Å²) in [6.45, 7) is 16.3. The summed E-state index contributed by atoms with van der Waals surface area (Å²) in [5, 5.41) is 3.38. The van der Waals surface area contributed by atoms with Crippen LogP contribution in [0, 0.1) is 20.8 Å². The van der Waals surface area contributed by atoms with Crippen LogP contribution in [0.1, 0.15) is 68.4 Å². The monoisotopic (exact) mass is 726 g/mol. The Kier molecular flexibility index (Phi) is 6.16. The van der Waals surface area contributed by atoms with Crippen LogP contribution >= 0.6 is 0 Å². The summed E-state index contributed by atoms with van der Waals surface area (Å²) in [4.78, 5) is 2.58. The minimum atomic E-state index is -0.213. The number of aromatic nitrogens is 1. The van der Waals surface area contributed by atoms with Gasteiger partial charge in [0, 0.05) is 38.6 Å². The number of benzene rings is 6. The normalized spacial score (nSPS) is 16.2. The van der Waals surface area contributed by atoms with Gasteiger partial charge in [0.1, 0.15) is 16.8 Å². The topological polar surface area (TPSA) is 34.5 Å². The van der Waals surface area contributed by atoms with E-state index < -0.39 is 0 Å². The van der Waals surface area contributed by atoms with E-state index in [0.29, 0.717) is 0 Å². The Hall–Kier alpha value is -5.94. The molecule has 2 aliphatic heterocycles. The molecule has 0 saturated heterocycles. The maximum Gasteiger partial charge on any atom is 0.376 e. The first-order valence-corrected chi connectivity index (χ1v) is 20.2. The summed E-state index contributed by atoms with van der Waals surface area (Å²) in [6, 6.07) is 40.5. The number of para-hydroxylation sites is 3. The second-order valence-corrected chi connectivity index (χ2v) is 18.1. The molecule has 0 fully saturated rings. The van der Waals surface area contributed by atoms with E-state index in [2.05, 4.69) is 167 Å². The molecule has 0 bridgehead atoms. The number of anilines is 3. The summed E-state index contributed by atoms with van der Waals surface area (Å²) in [6.07, 6.45) is 2.34. The fourth-order valence-electron chi connectivity index (χ4n) is 10.9. The molecule has 0 N–H and O–H groups in total. The first-order valence-electron chi connectivity index (χ1n) is 20.2. The molecule has 5 heterocycles. The van der Waals surface area contributed by atoms with E-state index in [4.69, 9.17) is 8.83 Å². The SMILES string of the molecule is Cc1cc2c(cc1N1c3cc(-c4c(C)cccc4C)cc4c3B(c3oc5ccccc5c31)n1c3c-4cccc3c3oc4ccccc4c31)C(C)(C)CCC2(C)C. The Morgan fingerprint density at radius 1 is 0.571 bits per heavy atom. The van der Waals surface area contributed by atoms with Crippen molar-refractivity contribution >= 4 is 79.0 Å². The Balaban J connectivity index is 1.28. The van der Waals surface area contributed by atoms with Gasteiger partial charge in [0.2, 0.25) is 0 Å². The molecule has 9 aromatic rings. The Morgan fingerprint density at radius 2 is 1.21 bits per heavy atom. The standard InChI is InChI=1S/C51H43BN2O2/c1-28-14-12-15-29(2)43(28)31-25-36-32-18-13-19-35-45(32)54(46-33-16-8-10-20-41(33)55-48(35)46)52-44(36)40(26-31)53(47-34-17-9-11-21-42(34)56-49(47)52)39-27-38-37(24-30(39)3)50(4,5)22-23-51(38,6)7/h8-21,24-27H,22-23H2,1-7H3. The van der Waals surface area contributed by atoms with Crippen molar-refractivity contribution in [3.63, 3.8) is 0 Å². The lowest BCUT2D eigenvalue weighted by Crippen LogP contribution is -2.56. The predicted molar refractivity (Wildman–Crippen MR) is 234 cm³/mol. The van der Waals surface area contributed by atoms with Gasteiger partial charge in [-0.05, 0) is 143 Å². The molecular weight excluding hydrogens is 683 g/mol. The first-order chi connectivity index (χ1) is 27.0. The molecule has 3 aromatic heterocycles. The zero-order valence-electron chi connectivity index (χ0n) is 33.1. The van der Waals surface area contributed by atoms with Crippen molar-refractivity contribution in [2.24, 2.45) is 0 Å². The average Bonchev–Trinajstić information content (AvgIpc) is 3.85. The zero-order chi connectivity index (χ0) is 38.0. The van der Waals surface area contributed by atoms with E-state index in [-0.39, 0.29) is 17.7 Å². The van der Waals surface area contributed by atoms with E-state index in [1.54, 1.807) is 0 Å². The highest BCUT2D eigenvalue weighted by atomic mass is 16.3. The van der Waals surface area contributed by atoms with Gasteiger partial charge in [-0.25, -0.2) is 0 Å². The predicted octanol–water partition coefficient (Wildman–Crippen LogP) is 12.6. The lowest BCUT2D eigenvalue weighted by molar-refractivity contribution is 0.332. The number of nitrogens with zero attached hydrogens (tertiary/aromatic N) is 2. The molecule has 0 unspecified atom stereocenters. The van der Waals surface area contributed by atoms with Crippen LogP contribution in [0.4, 0.5) is 17.1 Å². The molecule has 6 aromatic carbocycles. The molecule has 0 radical (unpaired) electrons. The van der Waals surface area contributed by atoms with Crippen molar-refractivity contribution in [3.8, 4) is 22.3 Å². The van der Waals surface area contributed by atoms with Gasteiger partial charge in [-0.2, -0.15) is 0 Å². The van der Waals surface area contributed by atoms with Crippen molar-refractivity contribution < 1.29 is 8.83 Å². The van der Waals surface area contributed by atoms with Gasteiger partial charge in [-0.1, -0.05) is 88.4 Å². The van der Waals surface area contributed by atoms with E-state index in [1.807, 2.05) is 0 Å². The lowest BCUT2D eigenvalue weighted by atomic mass is 9.47. The summed E-state index contributed by atoms with van der Waals surface area (Å²) < 4.78 is 16.6. The number of aryl methyl sites for hydroxylation is 3. The van der Waals surface area contributed by atoms with E-state index >= 15 is 0 Å². The fraction of sp³-hybridized carbons (Fsp3) is 0.216. The van der Waals surface area contributed by atoms with Gasteiger partial charge in [0.05, 0.1) is 11.2 Å². The van der Waals surface area contributed by atoms with Gasteiger partial charge in [-0.15, -0.1) is 0 Å². The second-order valence-electron chi connectivity index (χ2n) is 18.1. The van der Waals surface area contributed by atoms with Gasteiger partial charge in [0.25, 0.3) is 0 Å². The number of furan rings is 2. The molecule has 12 rings (SSSR count). The summed E-state index contributed by atoms with van der Waals surface area (Å²) >= 11 is 0. The minimum absolute atomic E-state index is 0.0517. The van der Waals surface area contributed by atoms with Crippen molar-refractivity contribution in [1.82, 2.24) is 4.48 Å². The molecule has 5 heteroatoms. The van der Waals surface area contributed by atoms with Crippen LogP contribution in [0.15, 0.2) is 118 Å². The summed E-state index contributed by atoms with van der Waals surface area (Å²) in [5.41, 5.74) is 22.8. The highest BCUT2D eigenvalue weighted by molar-refractivity contribution is 6.89. The maximum absolute atomic E-state index is 7.23. The molecule has 272 valence electrons. The Bertz CT molecular complexity index is 3190. The molecule has 56 heavy (non-hydrogen) atoms. The lowest BCUT2D eigenvalue weighted by Gasteiger charge is -2.44. The molecule has 0 saturated carbocycles. The molecule has 1 aliphatic carbocycles. The first kappa shape index (κ1) is 32.3. The van der Waals surface area contributed by atoms with Crippen LogP contribution in [-0.2, 0) is 10.8 Å². The molecular formula is C51H43BN2O2. The Morgan fingerprint density at radius 3 is 1.96 bits per heavy atom. The van der Waals surface area contributed by atoms with Crippen LogP contribution in [-0.4, -0.2) is 11.3 Å². The van der Waals surface area contributed by atoms with Gasteiger partial charge in [0.15, 0.2) is 5.58 Å². The second kappa shape index (κ2) is 10.7. The van der Waals surface area contributed by atoms with Crippen molar-refractivity contribution in [2.75, 3.05) is 4.90 Å². The minimum Gasteiger partial charge on any atom is -0.466 e. The molecule has 0 atom stereocenters. The number of fused-ring (bicyclic) bond motifs is 12. The summed E-state index contributed by atoms with van der Waals surface area (Å²) in [7, 11) is 0. The maximum atomic E-state index is 7.23. The fourth-order valence-corrected chi connectivity index (χ4v) is 10.9. The molecule has 0 amide bonds. The van der Waals surface area contributed by atoms with Gasteiger partial charge < -0.3 is 18.2 Å². The van der Waals surface area contributed by atoms with Crippen LogP contribution in [0.2, 0.25) is 0 Å². The van der Waals surface area contributed by atoms with Gasteiger partial charge in [-0.3, -0.25) is 0 Å². The molecule has 3 aliphatic rings. The van der Waals surface area contributed by atoms with Crippen molar-refractivity contribution in [1.29, 1.82) is 0 Å². The van der Waals surface area contributed by atoms with Crippen LogP contribution < -0.4 is 16.0 Å². The van der Waals surface area contributed by atoms with Crippen LogP contribution in [0.3, 0.4) is 0 Å². The largest absolute Gasteiger partial charge is 0.466 e. The van der Waals surface area contributed by atoms with Crippen molar-refractivity contribution in [2.45, 2.75) is 72.1 Å². The third-order valence-electron chi connectivity index (χ3n) is 13.8. The zero-order valence-corrected chi connectivity index (χ0v) is 33.1. The van der Waals surface area contributed by atoms with E-state index in [9.17, 15) is 0 Å². The highest BCUT2D eigenvalue weighted by Gasteiger charge is 2.48. The van der Waals surface area contributed by atoms with E-state index in [0.717, 1.165) is 56.2 Å². The molecule has 0 spiro atoms. The highest BCUT2D eigenvalue weighted by Crippen LogP contribution is 2.53. The Labute approximate surface area is 327 Å². The smallest absolute Gasteiger partial charge is 0.376 e. The average molecular weight is 727 g/mol. The summed E-state index contributed by atoms with van der Waals surface area (Å²) in [5.74, 6) is 0. The number of rotatable bonds is 2. The quantitative estimate of drug-likeness (QED) is 0.166. The third-order valence-corrected chi connectivity index (χ3v) is 13.8. The number of hydrogen-bond donors (Lipinski definition) is 0.